The molecule has 0 aromatic heterocycles. The summed E-state index contributed by atoms with van der Waals surface area (Å²) in [5.74, 6) is -4.00. The smallest absolute Gasteiger partial charge is 0.209 e. The van der Waals surface area contributed by atoms with Gasteiger partial charge in [-0.15, -0.1) is 0 Å². The van der Waals surface area contributed by atoms with Gasteiger partial charge >= 0.3 is 0 Å². The first-order valence-electron chi connectivity index (χ1n) is 9.99. The molecule has 0 spiro atoms. The van der Waals surface area contributed by atoms with Crippen molar-refractivity contribution < 1.29 is 27.6 Å². The maximum atomic E-state index is 14.5. The Morgan fingerprint density at radius 1 is 1.00 bits per heavy atom. The highest BCUT2D eigenvalue weighted by Gasteiger charge is 2.26. The Kier molecular flexibility index (Phi) is 12.6. The van der Waals surface area contributed by atoms with Crippen molar-refractivity contribution in [1.29, 1.82) is 0 Å². The average molecular weight is 449 g/mol. The Morgan fingerprint density at radius 3 is 1.84 bits per heavy atom. The van der Waals surface area contributed by atoms with Crippen LogP contribution in [0.2, 0.25) is 0 Å². The van der Waals surface area contributed by atoms with Crippen LogP contribution < -0.4 is 0 Å². The van der Waals surface area contributed by atoms with Crippen LogP contribution in [0, 0.1) is 30.8 Å². The molecule has 7 heteroatoms. The summed E-state index contributed by atoms with van der Waals surface area (Å²) in [6.45, 7) is 8.73. The van der Waals surface area contributed by atoms with E-state index in [0.29, 0.717) is 0 Å². The lowest BCUT2D eigenvalue weighted by Gasteiger charge is -2.13. The second-order valence-electron chi connectivity index (χ2n) is 6.54. The molecule has 3 rings (SSSR count). The molecule has 0 unspecified atom stereocenters. The van der Waals surface area contributed by atoms with E-state index in [-0.39, 0.29) is 17.5 Å². The third-order valence-corrected chi connectivity index (χ3v) is 4.25. The molecular weight excluding hydrogens is 419 g/mol. The van der Waals surface area contributed by atoms with Gasteiger partial charge in [-0.3, -0.25) is 9.59 Å². The summed E-state index contributed by atoms with van der Waals surface area (Å²) in [5.41, 5.74) is 1.18. The van der Waals surface area contributed by atoms with Crippen LogP contribution in [0.5, 0.6) is 0 Å². The maximum absolute atomic E-state index is 14.5. The van der Waals surface area contributed by atoms with Crippen molar-refractivity contribution in [1.82, 2.24) is 4.90 Å². The molecule has 1 amide bonds. The van der Waals surface area contributed by atoms with E-state index in [1.807, 2.05) is 33.1 Å². The van der Waals surface area contributed by atoms with Gasteiger partial charge in [0.25, 0.3) is 0 Å². The van der Waals surface area contributed by atoms with Crippen molar-refractivity contribution in [3.05, 3.63) is 82.0 Å². The molecule has 2 aromatic carbocycles. The number of rotatable bonds is 5. The summed E-state index contributed by atoms with van der Waals surface area (Å²) in [7, 11) is 3.38. The van der Waals surface area contributed by atoms with Gasteiger partial charge in [0.05, 0.1) is 5.56 Å². The molecule has 173 valence electrons. The predicted molar refractivity (Wildman–Crippen MR) is 121 cm³/mol. The molecule has 4 nitrogen and oxygen atoms in total. The molecule has 1 aliphatic rings. The Labute approximate surface area is 187 Å². The summed E-state index contributed by atoms with van der Waals surface area (Å²) in [6, 6.07) is 6.62. The van der Waals surface area contributed by atoms with Crippen molar-refractivity contribution in [3.8, 4) is 0 Å². The van der Waals surface area contributed by atoms with Gasteiger partial charge in [-0.05, 0) is 24.5 Å². The average Bonchev–Trinajstić information content (AvgIpc) is 3.67. The lowest BCUT2D eigenvalue weighted by atomic mass is 9.94. The lowest BCUT2D eigenvalue weighted by Crippen LogP contribution is -2.13. The fourth-order valence-electron chi connectivity index (χ4n) is 2.59. The van der Waals surface area contributed by atoms with Gasteiger partial charge in [0.2, 0.25) is 6.41 Å². The number of hydrogen-bond donors (Lipinski definition) is 0. The van der Waals surface area contributed by atoms with Crippen LogP contribution in [0.4, 0.5) is 13.2 Å². The van der Waals surface area contributed by atoms with Gasteiger partial charge in [-0.2, -0.15) is 0 Å². The van der Waals surface area contributed by atoms with E-state index >= 15 is 0 Å². The van der Waals surface area contributed by atoms with Crippen molar-refractivity contribution in [2.45, 2.75) is 34.1 Å². The standard InChI is InChI=1S/C19H14F3O.C3H7NO.C2H6.CH2O/c1-3-14-17(21)15(10(2)16(20)18(14)22)19(23)13-8-6-12(7-9-13)11-4-5-11;1-4(2)3-5;2*1-2/h4-9H,3H2,1-2H3;3H,1-2H3;1-2H3;1H2. The number of carbonyl (C=O) groups is 3. The van der Waals surface area contributed by atoms with Crippen molar-refractivity contribution >= 4 is 24.6 Å². The number of allylic oxidation sites excluding steroid dienone is 2. The third-order valence-electron chi connectivity index (χ3n) is 4.25. The fourth-order valence-corrected chi connectivity index (χ4v) is 2.59. The van der Waals surface area contributed by atoms with Crippen molar-refractivity contribution in [2.75, 3.05) is 14.1 Å². The Bertz CT molecular complexity index is 952. The van der Waals surface area contributed by atoms with Crippen molar-refractivity contribution in [2.24, 2.45) is 0 Å². The van der Waals surface area contributed by atoms with Crippen LogP contribution in [0.15, 0.2) is 30.3 Å². The monoisotopic (exact) mass is 448 g/mol. The highest BCUT2D eigenvalue weighted by molar-refractivity contribution is 6.10. The summed E-state index contributed by atoms with van der Waals surface area (Å²) in [5, 5.41) is 0. The molecule has 0 aliphatic heterocycles. The highest BCUT2D eigenvalue weighted by Crippen LogP contribution is 2.31. The van der Waals surface area contributed by atoms with Gasteiger partial charge in [-0.25, -0.2) is 13.2 Å². The number of carbonyl (C=O) groups excluding carboxylic acids is 3. The third kappa shape index (κ3) is 7.18. The first kappa shape index (κ1) is 28.8. The molecule has 0 heterocycles. The van der Waals surface area contributed by atoms with Gasteiger partial charge < -0.3 is 9.69 Å². The van der Waals surface area contributed by atoms with E-state index in [2.05, 4.69) is 0 Å². The van der Waals surface area contributed by atoms with Gasteiger partial charge in [-0.1, -0.05) is 51.1 Å². The Balaban J connectivity index is 0.000000928. The number of benzene rings is 2. The van der Waals surface area contributed by atoms with Crippen LogP contribution in [-0.2, 0) is 16.0 Å². The molecule has 2 aromatic rings. The van der Waals surface area contributed by atoms with Crippen LogP contribution in [0.1, 0.15) is 53.4 Å². The van der Waals surface area contributed by atoms with E-state index in [0.717, 1.165) is 17.5 Å². The minimum absolute atomic E-state index is 0.0297. The second-order valence-corrected chi connectivity index (χ2v) is 6.54. The quantitative estimate of drug-likeness (QED) is 0.352. The van der Waals surface area contributed by atoms with E-state index in [1.54, 1.807) is 38.4 Å². The zero-order valence-corrected chi connectivity index (χ0v) is 19.3. The SMILES string of the molecule is C=O.CC.CCc1c(F)c(F)c(C)c(C(=O)c2ccc(C3=C[CH]3)cc2)c1F.CN(C)C=O. The fraction of sp³-hybridized carbons (Fsp3) is 0.280. The molecule has 0 saturated heterocycles. The molecule has 1 aliphatic carbocycles. The maximum Gasteiger partial charge on any atom is 0.209 e. The zero-order chi connectivity index (χ0) is 25.0. The van der Waals surface area contributed by atoms with Crippen molar-refractivity contribution in [3.63, 3.8) is 0 Å². The largest absolute Gasteiger partial charge is 0.351 e. The highest BCUT2D eigenvalue weighted by atomic mass is 19.2. The first-order chi connectivity index (χ1) is 15.2. The predicted octanol–water partition coefficient (Wildman–Crippen LogP) is 5.35. The van der Waals surface area contributed by atoms with Gasteiger partial charge in [0.15, 0.2) is 17.4 Å². The number of hydrogen-bond acceptors (Lipinski definition) is 3. The summed E-state index contributed by atoms with van der Waals surface area (Å²) < 4.78 is 42.2. The molecule has 0 bridgehead atoms. The van der Waals surface area contributed by atoms with E-state index in [1.165, 1.54) is 18.7 Å². The first-order valence-corrected chi connectivity index (χ1v) is 9.99. The van der Waals surface area contributed by atoms with Crippen LogP contribution >= 0.6 is 0 Å². The number of amides is 1. The molecule has 0 N–H and O–H groups in total. The number of halogens is 3. The normalized spacial score (nSPS) is 10.7. The summed E-state index contributed by atoms with van der Waals surface area (Å²) in [4.78, 5) is 31.4. The molecule has 32 heavy (non-hydrogen) atoms. The Hall–Kier alpha value is -3.22. The molecule has 0 atom stereocenters. The lowest BCUT2D eigenvalue weighted by molar-refractivity contribution is -0.115. The summed E-state index contributed by atoms with van der Waals surface area (Å²) in [6.07, 6.45) is 4.59. The topological polar surface area (TPSA) is 54.5 Å². The van der Waals surface area contributed by atoms with E-state index in [9.17, 15) is 22.8 Å². The Morgan fingerprint density at radius 2 is 1.47 bits per heavy atom. The van der Waals surface area contributed by atoms with Gasteiger partial charge in [0, 0.05) is 37.2 Å². The second kappa shape index (κ2) is 14.0. The van der Waals surface area contributed by atoms with Crippen LogP contribution in [-0.4, -0.2) is 38.0 Å². The number of ketones is 1. The summed E-state index contributed by atoms with van der Waals surface area (Å²) >= 11 is 0. The molecule has 1 radical (unpaired) electrons. The van der Waals surface area contributed by atoms with Crippen LogP contribution in [0.25, 0.3) is 5.57 Å². The molecule has 0 saturated carbocycles. The van der Waals surface area contributed by atoms with E-state index in [4.69, 9.17) is 4.79 Å². The minimum Gasteiger partial charge on any atom is -0.351 e. The zero-order valence-electron chi connectivity index (χ0n) is 19.3. The van der Waals surface area contributed by atoms with Crippen LogP contribution in [0.3, 0.4) is 0 Å². The van der Waals surface area contributed by atoms with E-state index < -0.39 is 34.4 Å². The minimum atomic E-state index is -1.22. The molecular formula is C25H29F3NO3. The number of nitrogens with zero attached hydrogens (tertiary/aromatic N) is 1. The molecule has 0 fully saturated rings. The van der Waals surface area contributed by atoms with Gasteiger partial charge in [0.1, 0.15) is 12.6 Å².